The number of rotatable bonds is 5. The normalized spacial score (nSPS) is 12.9. The van der Waals surface area contributed by atoms with Crippen molar-refractivity contribution in [3.63, 3.8) is 0 Å². The molecule has 0 fully saturated rings. The SMILES string of the molecule is CCNC(c1ccc(C)c(C)c1)c1snnc1C(C)C. The number of nitrogens with zero attached hydrogens (tertiary/aromatic N) is 2. The zero-order valence-corrected chi connectivity index (χ0v) is 13.7. The Labute approximate surface area is 125 Å². The Hall–Kier alpha value is -1.26. The van der Waals surface area contributed by atoms with E-state index in [-0.39, 0.29) is 6.04 Å². The van der Waals surface area contributed by atoms with Crippen molar-refractivity contribution in [1.29, 1.82) is 0 Å². The van der Waals surface area contributed by atoms with Crippen molar-refractivity contribution in [2.24, 2.45) is 0 Å². The molecule has 1 N–H and O–H groups in total. The molecule has 3 nitrogen and oxygen atoms in total. The van der Waals surface area contributed by atoms with Crippen LogP contribution in [0.25, 0.3) is 0 Å². The van der Waals surface area contributed by atoms with Gasteiger partial charge in [0.05, 0.1) is 16.6 Å². The number of benzene rings is 1. The van der Waals surface area contributed by atoms with Gasteiger partial charge in [-0.05, 0) is 54.5 Å². The van der Waals surface area contributed by atoms with Crippen LogP contribution in [-0.2, 0) is 0 Å². The number of aromatic nitrogens is 2. The van der Waals surface area contributed by atoms with Gasteiger partial charge in [-0.3, -0.25) is 0 Å². The van der Waals surface area contributed by atoms with Crippen LogP contribution in [0.1, 0.15) is 60.0 Å². The van der Waals surface area contributed by atoms with E-state index < -0.39 is 0 Å². The number of aryl methyl sites for hydroxylation is 2. The minimum Gasteiger partial charge on any atom is -0.306 e. The van der Waals surface area contributed by atoms with Crippen LogP contribution in [0.5, 0.6) is 0 Å². The molecule has 0 saturated carbocycles. The second kappa shape index (κ2) is 6.46. The summed E-state index contributed by atoms with van der Waals surface area (Å²) in [5.74, 6) is 0.399. The summed E-state index contributed by atoms with van der Waals surface area (Å²) in [6.45, 7) is 11.7. The summed E-state index contributed by atoms with van der Waals surface area (Å²) in [7, 11) is 0. The van der Waals surface area contributed by atoms with E-state index in [0.717, 1.165) is 12.2 Å². The van der Waals surface area contributed by atoms with Crippen molar-refractivity contribution in [2.75, 3.05) is 6.54 Å². The van der Waals surface area contributed by atoms with E-state index in [1.807, 2.05) is 0 Å². The second-order valence-electron chi connectivity index (χ2n) is 5.51. The first-order chi connectivity index (χ1) is 9.54. The second-order valence-corrected chi connectivity index (χ2v) is 6.30. The van der Waals surface area contributed by atoms with Gasteiger partial charge >= 0.3 is 0 Å². The summed E-state index contributed by atoms with van der Waals surface area (Å²) in [5, 5.41) is 7.89. The third-order valence-electron chi connectivity index (χ3n) is 3.62. The van der Waals surface area contributed by atoms with Crippen LogP contribution in [-0.4, -0.2) is 16.1 Å². The van der Waals surface area contributed by atoms with Crippen LogP contribution in [0, 0.1) is 13.8 Å². The van der Waals surface area contributed by atoms with E-state index in [2.05, 4.69) is 67.7 Å². The predicted octanol–water partition coefficient (Wildman–Crippen LogP) is 3.98. The summed E-state index contributed by atoms with van der Waals surface area (Å²) in [6, 6.07) is 6.86. The van der Waals surface area contributed by atoms with E-state index >= 15 is 0 Å². The lowest BCUT2D eigenvalue weighted by atomic mass is 9.97. The molecule has 2 aromatic rings. The maximum absolute atomic E-state index is 4.31. The minimum absolute atomic E-state index is 0.191. The molecule has 0 saturated heterocycles. The van der Waals surface area contributed by atoms with Crippen LogP contribution in [0.3, 0.4) is 0 Å². The Morgan fingerprint density at radius 3 is 2.55 bits per heavy atom. The number of hydrogen-bond acceptors (Lipinski definition) is 4. The fourth-order valence-electron chi connectivity index (χ4n) is 2.32. The largest absolute Gasteiger partial charge is 0.306 e. The molecular weight excluding hydrogens is 266 g/mol. The van der Waals surface area contributed by atoms with Crippen molar-refractivity contribution >= 4 is 11.5 Å². The summed E-state index contributed by atoms with van der Waals surface area (Å²) < 4.78 is 4.16. The van der Waals surface area contributed by atoms with Crippen molar-refractivity contribution in [1.82, 2.24) is 14.9 Å². The fraction of sp³-hybridized carbons (Fsp3) is 0.500. The van der Waals surface area contributed by atoms with Crippen molar-refractivity contribution in [3.05, 3.63) is 45.5 Å². The molecule has 20 heavy (non-hydrogen) atoms. The molecule has 4 heteroatoms. The van der Waals surface area contributed by atoms with Crippen LogP contribution in [0.2, 0.25) is 0 Å². The molecule has 1 atom stereocenters. The molecule has 0 radical (unpaired) electrons. The van der Waals surface area contributed by atoms with Crippen LogP contribution in [0.15, 0.2) is 18.2 Å². The molecular formula is C16H23N3S. The average Bonchev–Trinajstić information content (AvgIpc) is 2.88. The van der Waals surface area contributed by atoms with Gasteiger partial charge in [0.2, 0.25) is 0 Å². The van der Waals surface area contributed by atoms with Gasteiger partial charge in [0.25, 0.3) is 0 Å². The lowest BCUT2D eigenvalue weighted by Crippen LogP contribution is -2.22. The van der Waals surface area contributed by atoms with Crippen molar-refractivity contribution in [2.45, 2.75) is 46.6 Å². The minimum atomic E-state index is 0.191. The third-order valence-corrected chi connectivity index (χ3v) is 4.43. The highest BCUT2D eigenvalue weighted by Crippen LogP contribution is 2.31. The fourth-order valence-corrected chi connectivity index (χ4v) is 3.23. The maximum Gasteiger partial charge on any atom is 0.0832 e. The summed E-state index contributed by atoms with van der Waals surface area (Å²) in [4.78, 5) is 1.24. The van der Waals surface area contributed by atoms with Gasteiger partial charge < -0.3 is 5.32 Å². The van der Waals surface area contributed by atoms with Gasteiger partial charge in [0.15, 0.2) is 0 Å². The topological polar surface area (TPSA) is 37.8 Å². The highest BCUT2D eigenvalue weighted by atomic mass is 32.1. The molecule has 1 unspecified atom stereocenters. The average molecular weight is 289 g/mol. The monoisotopic (exact) mass is 289 g/mol. The predicted molar refractivity (Wildman–Crippen MR) is 85.4 cm³/mol. The molecule has 0 spiro atoms. The van der Waals surface area contributed by atoms with Crippen molar-refractivity contribution < 1.29 is 0 Å². The van der Waals surface area contributed by atoms with E-state index in [1.165, 1.54) is 33.1 Å². The Balaban J connectivity index is 2.44. The maximum atomic E-state index is 4.31. The van der Waals surface area contributed by atoms with Gasteiger partial charge in [-0.1, -0.05) is 43.5 Å². The number of hydrogen-bond donors (Lipinski definition) is 1. The zero-order chi connectivity index (χ0) is 14.7. The molecule has 0 amide bonds. The number of nitrogens with one attached hydrogen (secondary N) is 1. The summed E-state index contributed by atoms with van der Waals surface area (Å²) in [6.07, 6.45) is 0. The molecule has 0 aliphatic rings. The van der Waals surface area contributed by atoms with Crippen molar-refractivity contribution in [3.8, 4) is 0 Å². The molecule has 1 aromatic carbocycles. The van der Waals surface area contributed by atoms with Gasteiger partial charge in [0.1, 0.15) is 0 Å². The summed E-state index contributed by atoms with van der Waals surface area (Å²) >= 11 is 1.51. The van der Waals surface area contributed by atoms with Gasteiger partial charge in [-0.2, -0.15) is 0 Å². The standard InChI is InChI=1S/C16H23N3S/c1-6-17-15(13-8-7-11(4)12(5)9-13)16-14(10(2)3)18-19-20-16/h7-10,15,17H,6H2,1-5H3. The quantitative estimate of drug-likeness (QED) is 0.905. The van der Waals surface area contributed by atoms with Gasteiger partial charge in [-0.15, -0.1) is 5.10 Å². The molecule has 0 aliphatic heterocycles. The first kappa shape index (κ1) is 15.1. The molecule has 1 heterocycles. The Bertz CT molecular complexity index is 575. The van der Waals surface area contributed by atoms with E-state index in [4.69, 9.17) is 0 Å². The van der Waals surface area contributed by atoms with Gasteiger partial charge in [-0.25, -0.2) is 0 Å². The molecule has 108 valence electrons. The van der Waals surface area contributed by atoms with Crippen LogP contribution >= 0.6 is 11.5 Å². The highest BCUT2D eigenvalue weighted by molar-refractivity contribution is 7.05. The van der Waals surface area contributed by atoms with E-state index in [0.29, 0.717) is 5.92 Å². The Morgan fingerprint density at radius 2 is 1.95 bits per heavy atom. The highest BCUT2D eigenvalue weighted by Gasteiger charge is 2.22. The first-order valence-electron chi connectivity index (χ1n) is 7.17. The Morgan fingerprint density at radius 1 is 1.20 bits per heavy atom. The molecule has 0 aliphatic carbocycles. The lowest BCUT2D eigenvalue weighted by Gasteiger charge is -2.19. The summed E-state index contributed by atoms with van der Waals surface area (Å²) in [5.41, 5.74) is 5.06. The molecule has 2 rings (SSSR count). The Kier molecular flexibility index (Phi) is 4.89. The van der Waals surface area contributed by atoms with Crippen LogP contribution < -0.4 is 5.32 Å². The van der Waals surface area contributed by atoms with E-state index in [9.17, 15) is 0 Å². The first-order valence-corrected chi connectivity index (χ1v) is 7.94. The van der Waals surface area contributed by atoms with Gasteiger partial charge in [0, 0.05) is 0 Å². The molecule has 0 bridgehead atoms. The molecule has 1 aromatic heterocycles. The third kappa shape index (κ3) is 3.07. The zero-order valence-electron chi connectivity index (χ0n) is 12.9. The van der Waals surface area contributed by atoms with Crippen LogP contribution in [0.4, 0.5) is 0 Å². The smallest absolute Gasteiger partial charge is 0.0832 e. The lowest BCUT2D eigenvalue weighted by molar-refractivity contribution is 0.625. The van der Waals surface area contributed by atoms with E-state index in [1.54, 1.807) is 0 Å².